The zero-order valence-corrected chi connectivity index (χ0v) is 8.18. The average molecular weight is 194 g/mol. The van der Waals surface area contributed by atoms with Crippen LogP contribution in [0.15, 0.2) is 17.4 Å². The third kappa shape index (κ3) is 1.63. The molecule has 1 saturated heterocycles. The first-order valence-electron chi connectivity index (χ1n) is 4.71. The standard InChI is InChI=1S/C9H14N4O/c1-12-5-4-11-8(9(12)14)13-6-2-10-3-7-13/h2-3,6,8,11H,4-5,7H2,1H3. The third-order valence-corrected chi connectivity index (χ3v) is 2.47. The van der Waals surface area contributed by atoms with E-state index in [1.54, 1.807) is 17.3 Å². The van der Waals surface area contributed by atoms with Crippen LogP contribution in [0.5, 0.6) is 0 Å². The summed E-state index contributed by atoms with van der Waals surface area (Å²) in [6.45, 7) is 2.31. The van der Waals surface area contributed by atoms with E-state index in [2.05, 4.69) is 10.3 Å². The molecule has 0 aromatic carbocycles. The first-order valence-corrected chi connectivity index (χ1v) is 4.71. The smallest absolute Gasteiger partial charge is 0.260 e. The van der Waals surface area contributed by atoms with E-state index in [1.165, 1.54) is 0 Å². The Kier molecular flexibility index (Phi) is 2.49. The van der Waals surface area contributed by atoms with E-state index in [0.29, 0.717) is 6.54 Å². The molecule has 0 spiro atoms. The van der Waals surface area contributed by atoms with Crippen LogP contribution in [-0.2, 0) is 4.79 Å². The number of aliphatic imine (C=N–C) groups is 1. The van der Waals surface area contributed by atoms with E-state index in [0.717, 1.165) is 13.1 Å². The van der Waals surface area contributed by atoms with Crippen molar-refractivity contribution in [2.45, 2.75) is 6.17 Å². The summed E-state index contributed by atoms with van der Waals surface area (Å²) in [7, 11) is 1.83. The molecule has 0 radical (unpaired) electrons. The summed E-state index contributed by atoms with van der Waals surface area (Å²) in [6, 6.07) is 0. The summed E-state index contributed by atoms with van der Waals surface area (Å²) < 4.78 is 0. The van der Waals surface area contributed by atoms with E-state index in [-0.39, 0.29) is 12.1 Å². The van der Waals surface area contributed by atoms with Crippen molar-refractivity contribution >= 4 is 12.1 Å². The second-order valence-electron chi connectivity index (χ2n) is 3.44. The average Bonchev–Trinajstić information content (AvgIpc) is 2.23. The number of nitrogens with one attached hydrogen (secondary N) is 1. The van der Waals surface area contributed by atoms with E-state index < -0.39 is 0 Å². The lowest BCUT2D eigenvalue weighted by Gasteiger charge is -2.36. The van der Waals surface area contributed by atoms with Gasteiger partial charge in [0.15, 0.2) is 6.17 Å². The number of likely N-dealkylation sites (N-methyl/N-ethyl adjacent to an activating group) is 1. The quantitative estimate of drug-likeness (QED) is 0.596. The number of nitrogens with zero attached hydrogens (tertiary/aromatic N) is 3. The highest BCUT2D eigenvalue weighted by molar-refractivity contribution is 5.82. The van der Waals surface area contributed by atoms with Crippen molar-refractivity contribution in [2.75, 3.05) is 26.7 Å². The second kappa shape index (κ2) is 3.79. The topological polar surface area (TPSA) is 47.9 Å². The van der Waals surface area contributed by atoms with Crippen LogP contribution in [0.4, 0.5) is 0 Å². The van der Waals surface area contributed by atoms with Crippen LogP contribution in [-0.4, -0.2) is 54.8 Å². The number of carbonyl (C=O) groups is 1. The predicted molar refractivity (Wildman–Crippen MR) is 53.8 cm³/mol. The Morgan fingerprint density at radius 2 is 2.50 bits per heavy atom. The fourth-order valence-corrected chi connectivity index (χ4v) is 1.61. The molecule has 5 heteroatoms. The Morgan fingerprint density at radius 3 is 3.21 bits per heavy atom. The lowest BCUT2D eigenvalue weighted by molar-refractivity contribution is -0.138. The molecule has 76 valence electrons. The lowest BCUT2D eigenvalue weighted by Crippen LogP contribution is -2.60. The molecule has 1 amide bonds. The fourth-order valence-electron chi connectivity index (χ4n) is 1.61. The van der Waals surface area contributed by atoms with E-state index in [1.807, 2.05) is 18.1 Å². The van der Waals surface area contributed by atoms with E-state index >= 15 is 0 Å². The molecule has 1 unspecified atom stereocenters. The molecular weight excluding hydrogens is 180 g/mol. The molecule has 2 aliphatic heterocycles. The molecule has 1 atom stereocenters. The molecule has 0 aromatic rings. The van der Waals surface area contributed by atoms with Gasteiger partial charge in [0.05, 0.1) is 6.54 Å². The van der Waals surface area contributed by atoms with Gasteiger partial charge in [0.2, 0.25) is 0 Å². The Hall–Kier alpha value is -1.36. The highest BCUT2D eigenvalue weighted by Crippen LogP contribution is 2.06. The minimum absolute atomic E-state index is 0.121. The summed E-state index contributed by atoms with van der Waals surface area (Å²) in [4.78, 5) is 19.4. The van der Waals surface area contributed by atoms with Crippen LogP contribution in [0.3, 0.4) is 0 Å². The van der Waals surface area contributed by atoms with Gasteiger partial charge in [-0.25, -0.2) is 0 Å². The van der Waals surface area contributed by atoms with Gasteiger partial charge in [-0.15, -0.1) is 0 Å². The van der Waals surface area contributed by atoms with Crippen molar-refractivity contribution in [3.63, 3.8) is 0 Å². The van der Waals surface area contributed by atoms with Crippen LogP contribution < -0.4 is 5.32 Å². The predicted octanol–water partition coefficient (Wildman–Crippen LogP) is -0.768. The van der Waals surface area contributed by atoms with Gasteiger partial charge in [-0.3, -0.25) is 15.1 Å². The first-order chi connectivity index (χ1) is 6.79. The first kappa shape index (κ1) is 9.21. The number of hydrogen-bond acceptors (Lipinski definition) is 4. The Bertz CT molecular complexity index is 287. The van der Waals surface area contributed by atoms with Gasteiger partial charge in [-0.05, 0) is 0 Å². The molecular formula is C9H14N4O. The van der Waals surface area contributed by atoms with Crippen molar-refractivity contribution < 1.29 is 4.79 Å². The van der Waals surface area contributed by atoms with Gasteiger partial charge in [0, 0.05) is 38.8 Å². The summed E-state index contributed by atoms with van der Waals surface area (Å²) in [5.41, 5.74) is 0. The Labute approximate surface area is 83.1 Å². The van der Waals surface area contributed by atoms with Crippen LogP contribution in [0, 0.1) is 0 Å². The number of piperazine rings is 1. The molecule has 0 saturated carbocycles. The van der Waals surface area contributed by atoms with Crippen molar-refractivity contribution in [1.29, 1.82) is 0 Å². The van der Waals surface area contributed by atoms with Crippen LogP contribution >= 0.6 is 0 Å². The van der Waals surface area contributed by atoms with Crippen molar-refractivity contribution in [1.82, 2.24) is 15.1 Å². The summed E-state index contributed by atoms with van der Waals surface area (Å²) in [5, 5.41) is 3.19. The summed E-state index contributed by atoms with van der Waals surface area (Å²) in [5.74, 6) is 0.121. The zero-order valence-electron chi connectivity index (χ0n) is 8.18. The van der Waals surface area contributed by atoms with Crippen LogP contribution in [0.25, 0.3) is 0 Å². The summed E-state index contributed by atoms with van der Waals surface area (Å²) in [6.07, 6.45) is 5.11. The maximum absolute atomic E-state index is 11.8. The fraction of sp³-hybridized carbons (Fsp3) is 0.556. The molecule has 2 heterocycles. The largest absolute Gasteiger partial charge is 0.347 e. The zero-order chi connectivity index (χ0) is 9.97. The van der Waals surface area contributed by atoms with Gasteiger partial charge in [-0.1, -0.05) is 0 Å². The van der Waals surface area contributed by atoms with Gasteiger partial charge >= 0.3 is 0 Å². The minimum Gasteiger partial charge on any atom is -0.347 e. The lowest BCUT2D eigenvalue weighted by atomic mass is 10.3. The second-order valence-corrected chi connectivity index (χ2v) is 3.44. The summed E-state index contributed by atoms with van der Waals surface area (Å²) >= 11 is 0. The molecule has 0 aromatic heterocycles. The molecule has 0 bridgehead atoms. The van der Waals surface area contributed by atoms with E-state index in [9.17, 15) is 4.79 Å². The number of amides is 1. The highest BCUT2D eigenvalue weighted by atomic mass is 16.2. The van der Waals surface area contributed by atoms with Gasteiger partial charge < -0.3 is 9.80 Å². The van der Waals surface area contributed by atoms with Crippen molar-refractivity contribution in [2.24, 2.45) is 4.99 Å². The molecule has 14 heavy (non-hydrogen) atoms. The molecule has 2 aliphatic rings. The van der Waals surface area contributed by atoms with Crippen LogP contribution in [0.2, 0.25) is 0 Å². The molecule has 1 N–H and O–H groups in total. The molecule has 0 aliphatic carbocycles. The van der Waals surface area contributed by atoms with Crippen molar-refractivity contribution in [3.8, 4) is 0 Å². The molecule has 5 nitrogen and oxygen atoms in total. The van der Waals surface area contributed by atoms with Gasteiger partial charge in [0.25, 0.3) is 5.91 Å². The third-order valence-electron chi connectivity index (χ3n) is 2.47. The minimum atomic E-state index is -0.225. The van der Waals surface area contributed by atoms with Crippen LogP contribution in [0.1, 0.15) is 0 Å². The normalized spacial score (nSPS) is 27.2. The van der Waals surface area contributed by atoms with Gasteiger partial charge in [-0.2, -0.15) is 0 Å². The molecule has 2 rings (SSSR count). The Morgan fingerprint density at radius 1 is 1.64 bits per heavy atom. The number of rotatable bonds is 1. The number of hydrogen-bond donors (Lipinski definition) is 1. The maximum Gasteiger partial charge on any atom is 0.260 e. The highest BCUT2D eigenvalue weighted by Gasteiger charge is 2.29. The van der Waals surface area contributed by atoms with Gasteiger partial charge in [0.1, 0.15) is 0 Å². The monoisotopic (exact) mass is 194 g/mol. The van der Waals surface area contributed by atoms with E-state index in [4.69, 9.17) is 0 Å². The SMILES string of the molecule is CN1CCNC(N2C=CN=CC2)C1=O. The number of carbonyl (C=O) groups excluding carboxylic acids is 1. The molecule has 1 fully saturated rings. The maximum atomic E-state index is 11.8. The Balaban J connectivity index is 2.05. The van der Waals surface area contributed by atoms with Crippen molar-refractivity contribution in [3.05, 3.63) is 12.4 Å².